The van der Waals surface area contributed by atoms with Crippen LogP contribution in [0.4, 0.5) is 4.79 Å². The predicted molar refractivity (Wildman–Crippen MR) is 104 cm³/mol. The zero-order valence-corrected chi connectivity index (χ0v) is 15.9. The lowest BCUT2D eigenvalue weighted by Crippen LogP contribution is -2.27. The van der Waals surface area contributed by atoms with Gasteiger partial charge in [0, 0.05) is 5.02 Å². The Kier molecular flexibility index (Phi) is 5.17. The van der Waals surface area contributed by atoms with E-state index < -0.39 is 0 Å². The van der Waals surface area contributed by atoms with Crippen LogP contribution in [0.15, 0.2) is 47.4 Å². The van der Waals surface area contributed by atoms with Crippen LogP contribution in [0.25, 0.3) is 6.08 Å². The zero-order chi connectivity index (χ0) is 17.3. The first-order valence-electron chi connectivity index (χ1n) is 6.92. The first kappa shape index (κ1) is 17.3. The summed E-state index contributed by atoms with van der Waals surface area (Å²) >= 11 is 8.77. The third kappa shape index (κ3) is 3.76. The number of rotatable bonds is 3. The molecule has 0 unspecified atom stereocenters. The summed E-state index contributed by atoms with van der Waals surface area (Å²) in [6.07, 6.45) is 1.66. The number of phenolic OH excluding ortho intramolecular Hbond substituents is 1. The minimum atomic E-state index is -0.317. The summed E-state index contributed by atoms with van der Waals surface area (Å²) < 4.78 is 0.682. The van der Waals surface area contributed by atoms with Crippen LogP contribution in [0.2, 0.25) is 5.02 Å². The highest BCUT2D eigenvalue weighted by Crippen LogP contribution is 2.34. The molecule has 0 atom stereocenters. The topological polar surface area (TPSA) is 57.6 Å². The minimum absolute atomic E-state index is 0.184. The second kappa shape index (κ2) is 7.16. The van der Waals surface area contributed by atoms with Crippen LogP contribution in [-0.2, 0) is 11.3 Å². The van der Waals surface area contributed by atoms with Gasteiger partial charge in [0.25, 0.3) is 11.1 Å². The Morgan fingerprint density at radius 2 is 1.88 bits per heavy atom. The molecule has 0 aliphatic carbocycles. The second-order valence-electron chi connectivity index (χ2n) is 5.11. The summed E-state index contributed by atoms with van der Waals surface area (Å²) in [6, 6.07) is 12.0. The van der Waals surface area contributed by atoms with Crippen LogP contribution in [0, 0.1) is 3.57 Å². The molecule has 1 saturated heterocycles. The number of thioether (sulfide) groups is 1. The summed E-state index contributed by atoms with van der Waals surface area (Å²) in [5.41, 5.74) is 1.59. The number of nitrogens with zero attached hydrogens (tertiary/aromatic N) is 1. The molecule has 1 N–H and O–H groups in total. The summed E-state index contributed by atoms with van der Waals surface area (Å²) in [5, 5.41) is 9.86. The van der Waals surface area contributed by atoms with Gasteiger partial charge in [0.15, 0.2) is 0 Å². The smallest absolute Gasteiger partial charge is 0.293 e. The molecule has 2 aromatic carbocycles. The lowest BCUT2D eigenvalue weighted by atomic mass is 10.2. The molecule has 0 bridgehead atoms. The van der Waals surface area contributed by atoms with Crippen molar-refractivity contribution in [1.29, 1.82) is 0 Å². The highest BCUT2D eigenvalue weighted by Gasteiger charge is 2.34. The van der Waals surface area contributed by atoms with Gasteiger partial charge in [0.2, 0.25) is 0 Å². The molecule has 1 fully saturated rings. The summed E-state index contributed by atoms with van der Waals surface area (Å²) in [5.74, 6) is -0.133. The molecule has 1 heterocycles. The van der Waals surface area contributed by atoms with Crippen molar-refractivity contribution < 1.29 is 14.7 Å². The van der Waals surface area contributed by atoms with Gasteiger partial charge >= 0.3 is 0 Å². The lowest BCUT2D eigenvalue weighted by molar-refractivity contribution is -0.123. The van der Waals surface area contributed by atoms with E-state index in [0.29, 0.717) is 13.5 Å². The number of carbonyl (C=O) groups excluding carboxylic acids is 2. The number of hydrogen-bond donors (Lipinski definition) is 1. The minimum Gasteiger partial charge on any atom is -0.507 e. The average molecular weight is 472 g/mol. The van der Waals surface area contributed by atoms with Gasteiger partial charge in [-0.25, -0.2) is 0 Å². The predicted octanol–water partition coefficient (Wildman–Crippen LogP) is 4.89. The SMILES string of the molecule is O=C1SC(=Cc2ccc(O)c(I)c2)C(=O)N1Cc1ccc(Cl)cc1. The van der Waals surface area contributed by atoms with E-state index in [2.05, 4.69) is 0 Å². The molecule has 122 valence electrons. The molecule has 0 aromatic heterocycles. The van der Waals surface area contributed by atoms with Gasteiger partial charge < -0.3 is 5.11 Å². The Bertz CT molecular complexity index is 851. The standard InChI is InChI=1S/C17H11ClINO3S/c18-12-4-1-10(2-5-12)9-20-16(22)15(24-17(20)23)8-11-3-6-14(21)13(19)7-11/h1-8,21H,9H2. The monoisotopic (exact) mass is 471 g/mol. The van der Waals surface area contributed by atoms with Crippen molar-refractivity contribution in [3.8, 4) is 5.75 Å². The fourth-order valence-electron chi connectivity index (χ4n) is 2.17. The molecule has 0 spiro atoms. The molecule has 4 nitrogen and oxygen atoms in total. The van der Waals surface area contributed by atoms with Crippen molar-refractivity contribution in [3.63, 3.8) is 0 Å². The molecule has 3 rings (SSSR count). The number of benzene rings is 2. The number of amides is 2. The van der Waals surface area contributed by atoms with Gasteiger partial charge in [-0.2, -0.15) is 0 Å². The van der Waals surface area contributed by atoms with Crippen molar-refractivity contribution in [2.75, 3.05) is 0 Å². The summed E-state index contributed by atoms with van der Waals surface area (Å²) in [4.78, 5) is 26.2. The highest BCUT2D eigenvalue weighted by molar-refractivity contribution is 14.1. The number of imide groups is 1. The van der Waals surface area contributed by atoms with E-state index >= 15 is 0 Å². The third-order valence-electron chi connectivity index (χ3n) is 3.40. The fraction of sp³-hybridized carbons (Fsp3) is 0.0588. The third-order valence-corrected chi connectivity index (χ3v) is 5.42. The van der Waals surface area contributed by atoms with E-state index in [9.17, 15) is 14.7 Å². The molecule has 1 aliphatic rings. The maximum absolute atomic E-state index is 12.5. The zero-order valence-electron chi connectivity index (χ0n) is 12.2. The van der Waals surface area contributed by atoms with Crippen LogP contribution in [0.3, 0.4) is 0 Å². The van der Waals surface area contributed by atoms with Gasteiger partial charge in [-0.15, -0.1) is 0 Å². The van der Waals surface area contributed by atoms with Crippen molar-refractivity contribution in [2.24, 2.45) is 0 Å². The number of phenols is 1. The van der Waals surface area contributed by atoms with Crippen LogP contribution in [0.1, 0.15) is 11.1 Å². The molecular formula is C17H11ClINO3S. The number of carbonyl (C=O) groups is 2. The average Bonchev–Trinajstić information content (AvgIpc) is 2.80. The number of hydrogen-bond acceptors (Lipinski definition) is 4. The van der Waals surface area contributed by atoms with Crippen molar-refractivity contribution in [1.82, 2.24) is 4.90 Å². The summed E-state index contributed by atoms with van der Waals surface area (Å²) in [6.45, 7) is 0.215. The van der Waals surface area contributed by atoms with Crippen LogP contribution in [-0.4, -0.2) is 21.2 Å². The van der Waals surface area contributed by atoms with Gasteiger partial charge in [-0.3, -0.25) is 14.5 Å². The Hall–Kier alpha value is -1.51. The highest BCUT2D eigenvalue weighted by atomic mass is 127. The molecule has 2 amide bonds. The molecule has 0 radical (unpaired) electrons. The Morgan fingerprint density at radius 3 is 2.54 bits per heavy atom. The number of halogens is 2. The Labute approximate surface area is 161 Å². The largest absolute Gasteiger partial charge is 0.507 e. The van der Waals surface area contributed by atoms with Gasteiger partial charge in [-0.1, -0.05) is 29.8 Å². The van der Waals surface area contributed by atoms with Crippen molar-refractivity contribution in [3.05, 3.63) is 67.1 Å². The van der Waals surface area contributed by atoms with Crippen molar-refractivity contribution >= 4 is 63.2 Å². The van der Waals surface area contributed by atoms with Crippen LogP contribution >= 0.6 is 46.0 Å². The van der Waals surface area contributed by atoms with Gasteiger partial charge in [-0.05, 0) is 75.8 Å². The Morgan fingerprint density at radius 1 is 1.17 bits per heavy atom. The van der Waals surface area contributed by atoms with E-state index in [1.54, 1.807) is 48.5 Å². The molecule has 1 aliphatic heterocycles. The van der Waals surface area contributed by atoms with Gasteiger partial charge in [0.05, 0.1) is 15.0 Å². The second-order valence-corrected chi connectivity index (χ2v) is 7.70. The first-order chi connectivity index (χ1) is 11.4. The van der Waals surface area contributed by atoms with Crippen LogP contribution in [0.5, 0.6) is 5.75 Å². The quantitative estimate of drug-likeness (QED) is 0.512. The normalized spacial score (nSPS) is 16.2. The van der Waals surface area contributed by atoms with E-state index in [1.807, 2.05) is 22.6 Å². The van der Waals surface area contributed by atoms with E-state index in [4.69, 9.17) is 11.6 Å². The van der Waals surface area contributed by atoms with E-state index in [-0.39, 0.29) is 23.4 Å². The molecule has 7 heteroatoms. The molecule has 24 heavy (non-hydrogen) atoms. The van der Waals surface area contributed by atoms with Gasteiger partial charge in [0.1, 0.15) is 5.75 Å². The van der Waals surface area contributed by atoms with Crippen molar-refractivity contribution in [2.45, 2.75) is 6.54 Å². The fourth-order valence-corrected chi connectivity index (χ4v) is 3.68. The lowest BCUT2D eigenvalue weighted by Gasteiger charge is -2.12. The maximum Gasteiger partial charge on any atom is 0.293 e. The summed E-state index contributed by atoms with van der Waals surface area (Å²) in [7, 11) is 0. The van der Waals surface area contributed by atoms with Crippen LogP contribution < -0.4 is 0 Å². The van der Waals surface area contributed by atoms with E-state index in [1.165, 1.54) is 4.90 Å². The molecule has 0 saturated carbocycles. The van der Waals surface area contributed by atoms with E-state index in [0.717, 1.165) is 22.9 Å². The first-order valence-corrected chi connectivity index (χ1v) is 9.20. The maximum atomic E-state index is 12.5. The number of aromatic hydroxyl groups is 1. The molecular weight excluding hydrogens is 461 g/mol. The molecule has 2 aromatic rings. The Balaban J connectivity index is 1.81.